The number of carbonyl (C=O) groups excluding carboxylic acids is 2. The Balaban J connectivity index is 1.71. The number of likely N-dealkylation sites (tertiary alicyclic amines) is 1. The van der Waals surface area contributed by atoms with E-state index in [4.69, 9.17) is 4.74 Å². The monoisotopic (exact) mass is 369 g/mol. The number of hydrogen-bond donors (Lipinski definition) is 1. The molecule has 1 aromatic heterocycles. The number of benzene rings is 1. The van der Waals surface area contributed by atoms with Gasteiger partial charge in [0.05, 0.1) is 0 Å². The molecule has 3 rings (SSSR count). The lowest BCUT2D eigenvalue weighted by Gasteiger charge is -2.21. The summed E-state index contributed by atoms with van der Waals surface area (Å²) < 4.78 is 6.15. The highest BCUT2D eigenvalue weighted by Gasteiger charge is 2.35. The molecule has 0 radical (unpaired) electrons. The molecule has 1 atom stereocenters. The second-order valence-electron chi connectivity index (χ2n) is 6.43. The normalized spacial score (nSPS) is 17.1. The highest BCUT2D eigenvalue weighted by Crippen LogP contribution is 2.20. The lowest BCUT2D eigenvalue weighted by atomic mass is 10.2. The maximum absolute atomic E-state index is 12.6. The Morgan fingerprint density at radius 3 is 2.74 bits per heavy atom. The first-order valence-electron chi connectivity index (χ1n) is 9.05. The zero-order valence-electron chi connectivity index (χ0n) is 15.2. The Morgan fingerprint density at radius 2 is 2.00 bits per heavy atom. The highest BCUT2D eigenvalue weighted by molar-refractivity contribution is 5.86. The van der Waals surface area contributed by atoms with Gasteiger partial charge in [0.1, 0.15) is 12.6 Å². The maximum atomic E-state index is 12.6. The summed E-state index contributed by atoms with van der Waals surface area (Å²) in [5.41, 5.74) is 2.00. The molecule has 7 nitrogen and oxygen atoms in total. The van der Waals surface area contributed by atoms with E-state index in [9.17, 15) is 14.8 Å². The van der Waals surface area contributed by atoms with E-state index in [0.717, 1.165) is 22.3 Å². The summed E-state index contributed by atoms with van der Waals surface area (Å²) >= 11 is 0. The van der Waals surface area contributed by atoms with Crippen molar-refractivity contribution in [1.29, 1.82) is 0 Å². The Hall–Kier alpha value is -3.09. The summed E-state index contributed by atoms with van der Waals surface area (Å²) in [7, 11) is 0. The van der Waals surface area contributed by atoms with Gasteiger partial charge in [0, 0.05) is 12.7 Å². The van der Waals surface area contributed by atoms with Gasteiger partial charge in [-0.2, -0.15) is 9.72 Å². The fourth-order valence-corrected chi connectivity index (χ4v) is 3.06. The number of pyridine rings is 1. The molecule has 7 heteroatoms. The molecule has 1 fully saturated rings. The summed E-state index contributed by atoms with van der Waals surface area (Å²) in [4.78, 5) is 30.5. The van der Waals surface area contributed by atoms with E-state index in [1.54, 1.807) is 12.1 Å². The Morgan fingerprint density at radius 1 is 1.22 bits per heavy atom. The first-order valence-corrected chi connectivity index (χ1v) is 9.05. The molecule has 2 aromatic rings. The number of carbonyl (C=O) groups is 2. The van der Waals surface area contributed by atoms with Crippen LogP contribution in [0.3, 0.4) is 0 Å². The molecule has 0 bridgehead atoms. The summed E-state index contributed by atoms with van der Waals surface area (Å²) in [5, 5.41) is 9.87. The molecule has 27 heavy (non-hydrogen) atoms. The van der Waals surface area contributed by atoms with Gasteiger partial charge in [-0.15, -0.1) is 0 Å². The van der Waals surface area contributed by atoms with Crippen molar-refractivity contribution in [2.24, 2.45) is 4.99 Å². The van der Waals surface area contributed by atoms with Crippen LogP contribution in [-0.2, 0) is 22.6 Å². The van der Waals surface area contributed by atoms with Crippen LogP contribution in [0, 0.1) is 0 Å². The predicted octanol–water partition coefficient (Wildman–Crippen LogP) is 2.52. The van der Waals surface area contributed by atoms with E-state index in [1.165, 1.54) is 11.1 Å². The maximum Gasteiger partial charge on any atom is 0.410 e. The van der Waals surface area contributed by atoms with E-state index in [-0.39, 0.29) is 12.1 Å². The lowest BCUT2D eigenvalue weighted by Crippen LogP contribution is -2.41. The van der Waals surface area contributed by atoms with Crippen LogP contribution >= 0.6 is 0 Å². The van der Waals surface area contributed by atoms with E-state index in [0.29, 0.717) is 19.4 Å². The van der Waals surface area contributed by atoms with Crippen LogP contribution in [0.15, 0.2) is 53.7 Å². The fraction of sp³-hybridized carbons (Fsp3) is 0.350. The van der Waals surface area contributed by atoms with Crippen molar-refractivity contribution in [3.05, 3.63) is 65.3 Å². The molecule has 1 aliphatic heterocycles. The van der Waals surface area contributed by atoms with Crippen molar-refractivity contribution in [2.45, 2.75) is 38.8 Å². The van der Waals surface area contributed by atoms with E-state index in [2.05, 4.69) is 4.99 Å². The number of amides is 2. The van der Waals surface area contributed by atoms with Crippen LogP contribution in [0.1, 0.15) is 30.9 Å². The largest absolute Gasteiger partial charge is 0.445 e. The molecule has 2 amide bonds. The average molecular weight is 369 g/mol. The molecule has 1 aliphatic rings. The van der Waals surface area contributed by atoms with Crippen LogP contribution in [0.2, 0.25) is 0 Å². The minimum absolute atomic E-state index is 0.156. The molecule has 1 aromatic carbocycles. The lowest BCUT2D eigenvalue weighted by molar-refractivity contribution is -0.122. The van der Waals surface area contributed by atoms with Gasteiger partial charge in [-0.1, -0.05) is 37.3 Å². The molecular formula is C20H23N3O4. The van der Waals surface area contributed by atoms with Crippen molar-refractivity contribution in [3.63, 3.8) is 0 Å². The van der Waals surface area contributed by atoms with Crippen molar-refractivity contribution in [2.75, 3.05) is 6.54 Å². The Labute approximate surface area is 157 Å². The van der Waals surface area contributed by atoms with Gasteiger partial charge in [-0.3, -0.25) is 9.69 Å². The molecule has 0 aliphatic carbocycles. The second kappa shape index (κ2) is 8.53. The minimum Gasteiger partial charge on any atom is -0.445 e. The van der Waals surface area contributed by atoms with Crippen molar-refractivity contribution in [1.82, 2.24) is 9.63 Å². The van der Waals surface area contributed by atoms with Gasteiger partial charge < -0.3 is 9.94 Å². The summed E-state index contributed by atoms with van der Waals surface area (Å²) in [5.74, 6) is -0.458. The number of rotatable bonds is 4. The van der Waals surface area contributed by atoms with Crippen LogP contribution in [0.5, 0.6) is 0 Å². The summed E-state index contributed by atoms with van der Waals surface area (Å²) in [6.45, 7) is 2.58. The molecule has 0 spiro atoms. The minimum atomic E-state index is -0.668. The quantitative estimate of drug-likeness (QED) is 0.840. The summed E-state index contributed by atoms with van der Waals surface area (Å²) in [6.07, 6.45) is 2.93. The van der Waals surface area contributed by atoms with Crippen molar-refractivity contribution < 1.29 is 19.5 Å². The standard InChI is InChI=1S/C20H23N3O4/c1-2-15-10-12-23(26)18(13-15)21-19(24)17-9-6-11-22(17)20(25)27-14-16-7-4-3-5-8-16/h3-5,7-8,10,12-13,17,26H,2,6,9,11,14H2,1H3/t17-/m0/s1. The molecule has 0 unspecified atom stereocenters. The SMILES string of the molecule is CCc1ccn(O)c(=NC(=O)[C@@H]2CCCN2C(=O)OCc2ccccc2)c1. The molecule has 142 valence electrons. The topological polar surface area (TPSA) is 84.1 Å². The molecule has 1 saturated heterocycles. The molecule has 2 heterocycles. The second-order valence-corrected chi connectivity index (χ2v) is 6.43. The fourth-order valence-electron chi connectivity index (χ4n) is 3.06. The smallest absolute Gasteiger partial charge is 0.410 e. The van der Waals surface area contributed by atoms with Gasteiger partial charge in [0.15, 0.2) is 5.49 Å². The van der Waals surface area contributed by atoms with Crippen molar-refractivity contribution >= 4 is 12.0 Å². The van der Waals surface area contributed by atoms with Crippen LogP contribution in [-0.4, -0.2) is 39.4 Å². The molecular weight excluding hydrogens is 346 g/mol. The Kier molecular flexibility index (Phi) is 5.90. The number of hydrogen-bond acceptors (Lipinski definition) is 4. The first kappa shape index (κ1) is 18.7. The van der Waals surface area contributed by atoms with Crippen molar-refractivity contribution in [3.8, 4) is 0 Å². The first-order chi connectivity index (χ1) is 13.1. The summed E-state index contributed by atoms with van der Waals surface area (Å²) in [6, 6.07) is 12.1. The van der Waals surface area contributed by atoms with Crippen LogP contribution in [0.25, 0.3) is 0 Å². The van der Waals surface area contributed by atoms with Gasteiger partial charge in [0.2, 0.25) is 0 Å². The third kappa shape index (κ3) is 4.55. The van der Waals surface area contributed by atoms with Gasteiger partial charge in [-0.05, 0) is 42.5 Å². The molecule has 0 saturated carbocycles. The van der Waals surface area contributed by atoms with Gasteiger partial charge >= 0.3 is 6.09 Å². The zero-order chi connectivity index (χ0) is 19.2. The van der Waals surface area contributed by atoms with Gasteiger partial charge in [-0.25, -0.2) is 4.79 Å². The van der Waals surface area contributed by atoms with Crippen LogP contribution < -0.4 is 5.49 Å². The predicted molar refractivity (Wildman–Crippen MR) is 97.9 cm³/mol. The van der Waals surface area contributed by atoms with Crippen LogP contribution in [0.4, 0.5) is 4.79 Å². The van der Waals surface area contributed by atoms with Gasteiger partial charge in [0.25, 0.3) is 5.91 Å². The number of ether oxygens (including phenoxy) is 1. The average Bonchev–Trinajstić information content (AvgIpc) is 3.19. The third-order valence-electron chi connectivity index (χ3n) is 4.59. The van der Waals surface area contributed by atoms with E-state index in [1.807, 2.05) is 37.3 Å². The number of nitrogens with zero attached hydrogens (tertiary/aromatic N) is 3. The van der Waals surface area contributed by atoms with E-state index >= 15 is 0 Å². The molecule has 1 N–H and O–H groups in total. The third-order valence-corrected chi connectivity index (χ3v) is 4.59. The Bertz CT molecular complexity index is 876. The number of aromatic nitrogens is 1. The number of aryl methyl sites for hydroxylation is 1. The highest BCUT2D eigenvalue weighted by atomic mass is 16.6. The zero-order valence-corrected chi connectivity index (χ0v) is 15.2. The van der Waals surface area contributed by atoms with E-state index < -0.39 is 18.0 Å².